The second kappa shape index (κ2) is 10.3. The predicted molar refractivity (Wildman–Crippen MR) is 123 cm³/mol. The fourth-order valence-corrected chi connectivity index (χ4v) is 4.86. The van der Waals surface area contributed by atoms with Gasteiger partial charge in [0.15, 0.2) is 0 Å². The van der Waals surface area contributed by atoms with Gasteiger partial charge in [-0.15, -0.1) is 0 Å². The highest BCUT2D eigenvalue weighted by molar-refractivity contribution is 5.94. The third-order valence-electron chi connectivity index (χ3n) is 6.11. The zero-order valence-electron chi connectivity index (χ0n) is 20.1. The number of aryl methyl sites for hydroxylation is 1. The lowest BCUT2D eigenvalue weighted by molar-refractivity contribution is -0.186. The van der Waals surface area contributed by atoms with Crippen molar-refractivity contribution < 1.29 is 19.0 Å². The minimum atomic E-state index is -0.183. The summed E-state index contributed by atoms with van der Waals surface area (Å²) in [6, 6.07) is 5.74. The maximum absolute atomic E-state index is 13.1. The van der Waals surface area contributed by atoms with Crippen molar-refractivity contribution in [1.29, 1.82) is 0 Å². The largest absolute Gasteiger partial charge is 0.491 e. The van der Waals surface area contributed by atoms with Gasteiger partial charge in [0.1, 0.15) is 5.75 Å². The number of rotatable bonds is 7. The van der Waals surface area contributed by atoms with Gasteiger partial charge >= 0.3 is 0 Å². The molecule has 1 amide bonds. The van der Waals surface area contributed by atoms with Crippen LogP contribution < -0.4 is 4.74 Å². The van der Waals surface area contributed by atoms with E-state index in [0.29, 0.717) is 12.5 Å². The molecule has 1 unspecified atom stereocenters. The van der Waals surface area contributed by atoms with Gasteiger partial charge < -0.3 is 19.1 Å². The molecule has 6 heteroatoms. The molecule has 2 aliphatic heterocycles. The van der Waals surface area contributed by atoms with Crippen LogP contribution in [0.4, 0.5) is 0 Å². The minimum Gasteiger partial charge on any atom is -0.491 e. The van der Waals surface area contributed by atoms with Gasteiger partial charge in [-0.25, -0.2) is 0 Å². The lowest BCUT2D eigenvalue weighted by atomic mass is 9.88. The Bertz CT molecular complexity index is 741. The molecule has 6 nitrogen and oxygen atoms in total. The Hall–Kier alpha value is -1.63. The van der Waals surface area contributed by atoms with Crippen LogP contribution in [0.15, 0.2) is 18.2 Å². The molecule has 2 saturated heterocycles. The number of nitrogens with zero attached hydrogens (tertiary/aromatic N) is 2. The quantitative estimate of drug-likeness (QED) is 0.657. The zero-order valence-corrected chi connectivity index (χ0v) is 20.1. The van der Waals surface area contributed by atoms with Crippen LogP contribution in [0.1, 0.15) is 56.5 Å². The number of morpholine rings is 1. The molecule has 174 valence electrons. The van der Waals surface area contributed by atoms with E-state index in [-0.39, 0.29) is 23.7 Å². The Morgan fingerprint density at radius 2 is 1.94 bits per heavy atom. The summed E-state index contributed by atoms with van der Waals surface area (Å²) in [5.74, 6) is 1.55. The zero-order chi connectivity index (χ0) is 22.6. The van der Waals surface area contributed by atoms with E-state index in [1.807, 2.05) is 43.9 Å². The predicted octanol–water partition coefficient (Wildman–Crippen LogP) is 3.76. The van der Waals surface area contributed by atoms with Crippen molar-refractivity contribution >= 4 is 5.91 Å². The van der Waals surface area contributed by atoms with E-state index in [0.717, 1.165) is 62.4 Å². The molecule has 0 aliphatic carbocycles. The summed E-state index contributed by atoms with van der Waals surface area (Å²) in [5, 5.41) is 0. The van der Waals surface area contributed by atoms with E-state index < -0.39 is 0 Å². The monoisotopic (exact) mass is 432 g/mol. The van der Waals surface area contributed by atoms with Crippen molar-refractivity contribution in [3.63, 3.8) is 0 Å². The Morgan fingerprint density at radius 3 is 2.52 bits per heavy atom. The third kappa shape index (κ3) is 6.21. The number of hydrogen-bond donors (Lipinski definition) is 0. The van der Waals surface area contributed by atoms with Crippen molar-refractivity contribution in [2.24, 2.45) is 5.92 Å². The van der Waals surface area contributed by atoms with Crippen LogP contribution in [0, 0.1) is 12.8 Å². The Labute approximate surface area is 187 Å². The molecule has 31 heavy (non-hydrogen) atoms. The summed E-state index contributed by atoms with van der Waals surface area (Å²) < 4.78 is 17.8. The summed E-state index contributed by atoms with van der Waals surface area (Å²) in [4.78, 5) is 17.6. The van der Waals surface area contributed by atoms with Crippen LogP contribution >= 0.6 is 0 Å². The van der Waals surface area contributed by atoms with Crippen molar-refractivity contribution in [3.8, 4) is 5.75 Å². The van der Waals surface area contributed by atoms with E-state index in [9.17, 15) is 4.79 Å². The van der Waals surface area contributed by atoms with E-state index >= 15 is 0 Å². The number of likely N-dealkylation sites (tertiary alicyclic amines) is 1. The van der Waals surface area contributed by atoms with E-state index in [4.69, 9.17) is 14.2 Å². The van der Waals surface area contributed by atoms with Gasteiger partial charge in [0, 0.05) is 45.4 Å². The number of hydrogen-bond acceptors (Lipinski definition) is 5. The van der Waals surface area contributed by atoms with Gasteiger partial charge in [-0.05, 0) is 63.3 Å². The molecule has 1 aromatic carbocycles. The second-order valence-corrected chi connectivity index (χ2v) is 9.91. The summed E-state index contributed by atoms with van der Waals surface area (Å²) >= 11 is 0. The van der Waals surface area contributed by atoms with E-state index in [1.54, 1.807) is 7.11 Å². The molecule has 0 saturated carbocycles. The van der Waals surface area contributed by atoms with Gasteiger partial charge in [0.2, 0.25) is 0 Å². The van der Waals surface area contributed by atoms with Gasteiger partial charge in [-0.1, -0.05) is 13.8 Å². The standard InChI is InChI=1S/C25H40N2O4/c1-18(2)14-26-15-22(16-29-6)31-25(17-26)9-11-27(12-10-25)24(28)21-7-8-23(20(5)13-21)30-19(3)4/h7-8,13,18-19,22H,9-12,14-17H2,1-6H3. The fraction of sp³-hybridized carbons (Fsp3) is 0.720. The summed E-state index contributed by atoms with van der Waals surface area (Å²) in [6.07, 6.45) is 1.93. The van der Waals surface area contributed by atoms with Crippen LogP contribution in [-0.2, 0) is 9.47 Å². The molecule has 2 heterocycles. The Balaban J connectivity index is 1.64. The normalized spacial score (nSPS) is 21.8. The van der Waals surface area contributed by atoms with Gasteiger partial charge in [0.05, 0.1) is 24.4 Å². The summed E-state index contributed by atoms with van der Waals surface area (Å²) in [5.41, 5.74) is 1.54. The number of benzene rings is 1. The minimum absolute atomic E-state index is 0.0934. The number of methoxy groups -OCH3 is 1. The first-order valence-electron chi connectivity index (χ1n) is 11.7. The molecule has 0 N–H and O–H groups in total. The molecule has 0 bridgehead atoms. The summed E-state index contributed by atoms with van der Waals surface area (Å²) in [6.45, 7) is 15.5. The van der Waals surface area contributed by atoms with Crippen molar-refractivity contribution in [2.45, 2.75) is 65.3 Å². The maximum atomic E-state index is 13.1. The molecule has 1 spiro atoms. The first kappa shape index (κ1) is 24.0. The van der Waals surface area contributed by atoms with Gasteiger partial charge in [-0.3, -0.25) is 9.69 Å². The molecule has 0 aromatic heterocycles. The highest BCUT2D eigenvalue weighted by Crippen LogP contribution is 2.33. The molecule has 2 aliphatic rings. The number of amides is 1. The average molecular weight is 433 g/mol. The molecule has 3 rings (SSSR count). The molecular weight excluding hydrogens is 392 g/mol. The van der Waals surface area contributed by atoms with Crippen LogP contribution in [0.25, 0.3) is 0 Å². The number of carbonyl (C=O) groups is 1. The topological polar surface area (TPSA) is 51.2 Å². The molecule has 1 aromatic rings. The molecule has 2 fully saturated rings. The molecule has 1 atom stereocenters. The molecular formula is C25H40N2O4. The van der Waals surface area contributed by atoms with Gasteiger partial charge in [0.25, 0.3) is 5.91 Å². The molecule has 0 radical (unpaired) electrons. The first-order valence-corrected chi connectivity index (χ1v) is 11.7. The van der Waals surface area contributed by atoms with Crippen molar-refractivity contribution in [2.75, 3.05) is 46.4 Å². The lowest BCUT2D eigenvalue weighted by Gasteiger charge is -2.50. The average Bonchev–Trinajstić information content (AvgIpc) is 2.69. The SMILES string of the molecule is COCC1CN(CC(C)C)CC2(CCN(C(=O)c3ccc(OC(C)C)c(C)c3)CC2)O1. The third-order valence-corrected chi connectivity index (χ3v) is 6.11. The van der Waals surface area contributed by atoms with Crippen LogP contribution in [-0.4, -0.2) is 80.0 Å². The second-order valence-electron chi connectivity index (χ2n) is 9.91. The Kier molecular flexibility index (Phi) is 8.00. The van der Waals surface area contributed by atoms with Crippen LogP contribution in [0.3, 0.4) is 0 Å². The highest BCUT2D eigenvalue weighted by atomic mass is 16.5. The van der Waals surface area contributed by atoms with Crippen molar-refractivity contribution in [1.82, 2.24) is 9.80 Å². The Morgan fingerprint density at radius 1 is 1.23 bits per heavy atom. The van der Waals surface area contributed by atoms with Crippen LogP contribution in [0.5, 0.6) is 5.75 Å². The highest BCUT2D eigenvalue weighted by Gasteiger charge is 2.43. The maximum Gasteiger partial charge on any atom is 0.253 e. The van der Waals surface area contributed by atoms with E-state index in [2.05, 4.69) is 18.7 Å². The van der Waals surface area contributed by atoms with Crippen molar-refractivity contribution in [3.05, 3.63) is 29.3 Å². The number of carbonyl (C=O) groups excluding carboxylic acids is 1. The van der Waals surface area contributed by atoms with E-state index in [1.165, 1.54) is 0 Å². The number of ether oxygens (including phenoxy) is 3. The summed E-state index contributed by atoms with van der Waals surface area (Å²) in [7, 11) is 1.73. The smallest absolute Gasteiger partial charge is 0.253 e. The van der Waals surface area contributed by atoms with Crippen LogP contribution in [0.2, 0.25) is 0 Å². The van der Waals surface area contributed by atoms with Gasteiger partial charge in [-0.2, -0.15) is 0 Å². The fourth-order valence-electron chi connectivity index (χ4n) is 4.86. The number of piperidine rings is 1. The lowest BCUT2D eigenvalue weighted by Crippen LogP contribution is -2.61. The first-order chi connectivity index (χ1) is 14.7.